The fraction of sp³-hybridized carbons (Fsp3) is 0.538. The first-order valence-electron chi connectivity index (χ1n) is 5.16. The van der Waals surface area contributed by atoms with E-state index >= 15 is 0 Å². The minimum atomic E-state index is 0.712. The molecule has 0 aromatic rings. The molecule has 0 fully saturated rings. The first-order chi connectivity index (χ1) is 6.22. The van der Waals surface area contributed by atoms with E-state index in [0.29, 0.717) is 5.92 Å². The normalized spacial score (nSPS) is 14.8. The second-order valence-corrected chi connectivity index (χ2v) is 3.51. The van der Waals surface area contributed by atoms with E-state index in [1.165, 1.54) is 12.0 Å². The Morgan fingerprint density at radius 2 is 2.08 bits per heavy atom. The van der Waals surface area contributed by atoms with Crippen LogP contribution in [0.2, 0.25) is 0 Å². The van der Waals surface area contributed by atoms with Crippen LogP contribution in [0.5, 0.6) is 0 Å². The van der Waals surface area contributed by atoms with Gasteiger partial charge in [0.05, 0.1) is 0 Å². The van der Waals surface area contributed by atoms with Crippen LogP contribution in [0.25, 0.3) is 0 Å². The number of allylic oxidation sites excluding steroid dienone is 5. The van der Waals surface area contributed by atoms with Crippen LogP contribution in [0.4, 0.5) is 0 Å². The molecule has 0 N–H and O–H groups in total. The Kier molecular flexibility index (Phi) is 7.38. The topological polar surface area (TPSA) is 0 Å². The molecule has 0 amide bonds. The van der Waals surface area contributed by atoms with Crippen LogP contribution in [0.15, 0.2) is 36.5 Å². The first kappa shape index (κ1) is 12.2. The number of hydrogen-bond donors (Lipinski definition) is 0. The van der Waals surface area contributed by atoms with E-state index in [0.717, 1.165) is 12.8 Å². The van der Waals surface area contributed by atoms with Crippen molar-refractivity contribution < 1.29 is 0 Å². The molecular weight excluding hydrogens is 156 g/mol. The highest BCUT2D eigenvalue weighted by molar-refractivity contribution is 5.12. The lowest BCUT2D eigenvalue weighted by Crippen LogP contribution is -1.92. The van der Waals surface area contributed by atoms with Crippen molar-refractivity contribution in [2.75, 3.05) is 0 Å². The van der Waals surface area contributed by atoms with Crippen LogP contribution < -0.4 is 0 Å². The zero-order valence-electron chi connectivity index (χ0n) is 9.22. The lowest BCUT2D eigenvalue weighted by atomic mass is 10.00. The number of hydrogen-bond acceptors (Lipinski definition) is 0. The van der Waals surface area contributed by atoms with E-state index in [-0.39, 0.29) is 0 Å². The molecule has 0 aliphatic heterocycles. The van der Waals surface area contributed by atoms with Crippen molar-refractivity contribution in [3.05, 3.63) is 36.5 Å². The third-order valence-electron chi connectivity index (χ3n) is 2.42. The fourth-order valence-electron chi connectivity index (χ4n) is 1.02. The molecule has 0 aliphatic rings. The number of rotatable bonds is 6. The summed E-state index contributed by atoms with van der Waals surface area (Å²) in [6.45, 7) is 10.4. The van der Waals surface area contributed by atoms with Gasteiger partial charge in [-0.3, -0.25) is 0 Å². The van der Waals surface area contributed by atoms with Crippen LogP contribution in [-0.2, 0) is 0 Å². The van der Waals surface area contributed by atoms with Crippen molar-refractivity contribution in [1.29, 1.82) is 0 Å². The molecule has 0 aromatic carbocycles. The van der Waals surface area contributed by atoms with Crippen LogP contribution in [-0.4, -0.2) is 0 Å². The molecule has 0 heteroatoms. The van der Waals surface area contributed by atoms with Crippen molar-refractivity contribution in [1.82, 2.24) is 0 Å². The van der Waals surface area contributed by atoms with E-state index in [9.17, 15) is 0 Å². The van der Waals surface area contributed by atoms with Gasteiger partial charge in [-0.25, -0.2) is 0 Å². The van der Waals surface area contributed by atoms with Gasteiger partial charge in [-0.15, -0.1) is 6.58 Å². The molecule has 0 aromatic heterocycles. The molecular formula is C13H22. The van der Waals surface area contributed by atoms with Crippen molar-refractivity contribution in [3.8, 4) is 0 Å². The second kappa shape index (κ2) is 7.85. The fourth-order valence-corrected chi connectivity index (χ4v) is 1.02. The average Bonchev–Trinajstić information content (AvgIpc) is 2.16. The van der Waals surface area contributed by atoms with Crippen molar-refractivity contribution >= 4 is 0 Å². The highest BCUT2D eigenvalue weighted by atomic mass is 14.0. The Bertz CT molecular complexity index is 184. The molecule has 74 valence electrons. The van der Waals surface area contributed by atoms with E-state index in [2.05, 4.69) is 45.6 Å². The van der Waals surface area contributed by atoms with Gasteiger partial charge in [0.2, 0.25) is 0 Å². The van der Waals surface area contributed by atoms with Crippen LogP contribution >= 0.6 is 0 Å². The lowest BCUT2D eigenvalue weighted by Gasteiger charge is -2.06. The van der Waals surface area contributed by atoms with Gasteiger partial charge in [0.15, 0.2) is 0 Å². The first-order valence-corrected chi connectivity index (χ1v) is 5.16. The zero-order chi connectivity index (χ0) is 10.1. The SMILES string of the molecule is C=CCCC=CC=C(C)C(C)CC. The predicted molar refractivity (Wildman–Crippen MR) is 61.8 cm³/mol. The maximum Gasteiger partial charge on any atom is -0.0234 e. The van der Waals surface area contributed by atoms with E-state index in [1.807, 2.05) is 6.08 Å². The highest BCUT2D eigenvalue weighted by Gasteiger charge is 1.97. The Morgan fingerprint density at radius 1 is 1.38 bits per heavy atom. The van der Waals surface area contributed by atoms with Crippen LogP contribution in [0, 0.1) is 5.92 Å². The average molecular weight is 178 g/mol. The Balaban J connectivity index is 3.81. The van der Waals surface area contributed by atoms with Gasteiger partial charge in [0.1, 0.15) is 0 Å². The van der Waals surface area contributed by atoms with Gasteiger partial charge in [0.25, 0.3) is 0 Å². The maximum atomic E-state index is 3.69. The largest absolute Gasteiger partial charge is 0.103 e. The third kappa shape index (κ3) is 6.39. The van der Waals surface area contributed by atoms with Crippen LogP contribution in [0.3, 0.4) is 0 Å². The van der Waals surface area contributed by atoms with Gasteiger partial charge in [-0.2, -0.15) is 0 Å². The lowest BCUT2D eigenvalue weighted by molar-refractivity contribution is 0.655. The summed E-state index contributed by atoms with van der Waals surface area (Å²) >= 11 is 0. The smallest absolute Gasteiger partial charge is 0.0234 e. The molecule has 1 atom stereocenters. The summed E-state index contributed by atoms with van der Waals surface area (Å²) in [5, 5.41) is 0. The second-order valence-electron chi connectivity index (χ2n) is 3.51. The summed E-state index contributed by atoms with van der Waals surface area (Å²) in [6.07, 6.45) is 11.9. The molecule has 0 radical (unpaired) electrons. The molecule has 0 saturated heterocycles. The van der Waals surface area contributed by atoms with Gasteiger partial charge in [-0.1, -0.05) is 43.7 Å². The third-order valence-corrected chi connectivity index (χ3v) is 2.42. The van der Waals surface area contributed by atoms with Crippen molar-refractivity contribution in [3.63, 3.8) is 0 Å². The minimum absolute atomic E-state index is 0.712. The van der Waals surface area contributed by atoms with E-state index in [4.69, 9.17) is 0 Å². The highest BCUT2D eigenvalue weighted by Crippen LogP contribution is 2.12. The van der Waals surface area contributed by atoms with Crippen molar-refractivity contribution in [2.24, 2.45) is 5.92 Å². The van der Waals surface area contributed by atoms with Gasteiger partial charge < -0.3 is 0 Å². The Hall–Kier alpha value is -0.780. The van der Waals surface area contributed by atoms with Crippen molar-refractivity contribution in [2.45, 2.75) is 40.0 Å². The van der Waals surface area contributed by atoms with Gasteiger partial charge >= 0.3 is 0 Å². The molecule has 0 nitrogen and oxygen atoms in total. The summed E-state index contributed by atoms with van der Waals surface area (Å²) in [5.41, 5.74) is 1.47. The Labute approximate surface area is 83.0 Å². The standard InChI is InChI=1S/C13H22/c1-5-7-8-9-10-11-13(4)12(3)6-2/h5,9-12H,1,6-8H2,2-4H3. The van der Waals surface area contributed by atoms with E-state index < -0.39 is 0 Å². The summed E-state index contributed by atoms with van der Waals surface area (Å²) in [6, 6.07) is 0. The molecule has 0 rings (SSSR count). The van der Waals surface area contributed by atoms with Gasteiger partial charge in [-0.05, 0) is 32.1 Å². The summed E-state index contributed by atoms with van der Waals surface area (Å²) in [5.74, 6) is 0.712. The summed E-state index contributed by atoms with van der Waals surface area (Å²) in [4.78, 5) is 0. The summed E-state index contributed by atoms with van der Waals surface area (Å²) < 4.78 is 0. The van der Waals surface area contributed by atoms with Gasteiger partial charge in [0, 0.05) is 0 Å². The summed E-state index contributed by atoms with van der Waals surface area (Å²) in [7, 11) is 0. The van der Waals surface area contributed by atoms with E-state index in [1.54, 1.807) is 0 Å². The molecule has 0 saturated carbocycles. The van der Waals surface area contributed by atoms with Crippen LogP contribution in [0.1, 0.15) is 40.0 Å². The monoisotopic (exact) mass is 178 g/mol. The predicted octanol–water partition coefficient (Wildman–Crippen LogP) is 4.50. The maximum absolute atomic E-state index is 3.69. The zero-order valence-corrected chi connectivity index (χ0v) is 9.22. The number of unbranched alkanes of at least 4 members (excludes halogenated alkanes) is 1. The molecule has 1 unspecified atom stereocenters. The molecule has 0 heterocycles. The quantitative estimate of drug-likeness (QED) is 0.319. The molecule has 0 spiro atoms. The molecule has 0 bridgehead atoms. The molecule has 13 heavy (non-hydrogen) atoms. The Morgan fingerprint density at radius 3 is 2.62 bits per heavy atom. The minimum Gasteiger partial charge on any atom is -0.103 e. The molecule has 0 aliphatic carbocycles.